The first kappa shape index (κ1) is 15.9. The number of thiazole rings is 1. The third-order valence-electron chi connectivity index (χ3n) is 5.45. The minimum Gasteiger partial charge on any atom is -0.377 e. The molecule has 1 saturated heterocycles. The van der Waals surface area contributed by atoms with E-state index in [-0.39, 0.29) is 23.3 Å². The number of carbonyl (C=O) groups excluding carboxylic acids is 1. The molecule has 3 unspecified atom stereocenters. The number of rotatable bonds is 3. The van der Waals surface area contributed by atoms with Crippen LogP contribution in [0.2, 0.25) is 0 Å². The molecule has 2 aliphatic rings. The molecule has 0 radical (unpaired) electrons. The molecule has 1 aromatic rings. The molecule has 0 spiro atoms. The minimum atomic E-state index is -0.827. The Bertz CT molecular complexity index is 586. The van der Waals surface area contributed by atoms with Crippen LogP contribution < -0.4 is 5.73 Å². The topological polar surface area (TPSA) is 68.5 Å². The van der Waals surface area contributed by atoms with Crippen LogP contribution in [0.3, 0.4) is 0 Å². The van der Waals surface area contributed by atoms with Crippen molar-refractivity contribution in [2.75, 3.05) is 13.7 Å². The van der Waals surface area contributed by atoms with E-state index in [0.29, 0.717) is 6.54 Å². The van der Waals surface area contributed by atoms with E-state index in [4.69, 9.17) is 10.5 Å². The summed E-state index contributed by atoms with van der Waals surface area (Å²) in [7, 11) is 1.83. The van der Waals surface area contributed by atoms with Gasteiger partial charge in [0.1, 0.15) is 5.54 Å². The molecule has 6 heteroatoms. The van der Waals surface area contributed by atoms with Crippen molar-refractivity contribution in [3.8, 4) is 0 Å². The maximum atomic E-state index is 13.1. The van der Waals surface area contributed by atoms with Gasteiger partial charge in [0.15, 0.2) is 0 Å². The van der Waals surface area contributed by atoms with E-state index in [1.165, 1.54) is 0 Å². The minimum absolute atomic E-state index is 0.0234. The van der Waals surface area contributed by atoms with Gasteiger partial charge in [-0.15, -0.1) is 11.3 Å². The molecule has 0 bridgehead atoms. The average Bonchev–Trinajstić information content (AvgIpc) is 2.90. The lowest BCUT2D eigenvalue weighted by molar-refractivity contribution is -0.229. The maximum Gasteiger partial charge on any atom is 0.243 e. The molecule has 0 aromatic carbocycles. The zero-order chi connectivity index (χ0) is 16.1. The lowest BCUT2D eigenvalue weighted by atomic mass is 9.46. The van der Waals surface area contributed by atoms with E-state index in [2.05, 4.69) is 18.8 Å². The first-order valence-electron chi connectivity index (χ1n) is 7.86. The lowest BCUT2D eigenvalue weighted by Crippen LogP contribution is -2.82. The first-order chi connectivity index (χ1) is 10.3. The predicted octanol–water partition coefficient (Wildman–Crippen LogP) is 1.94. The number of ether oxygens (including phenoxy) is 1. The molecule has 1 aliphatic carbocycles. The fourth-order valence-electron chi connectivity index (χ4n) is 4.11. The number of hydrogen-bond donors (Lipinski definition) is 1. The third-order valence-corrected chi connectivity index (χ3v) is 6.34. The number of nitrogens with two attached hydrogens (primary N) is 1. The number of hydrogen-bond acceptors (Lipinski definition) is 5. The fourth-order valence-corrected chi connectivity index (χ4v) is 4.96. The molecule has 3 rings (SSSR count). The smallest absolute Gasteiger partial charge is 0.243 e. The Labute approximate surface area is 135 Å². The molecule has 2 heterocycles. The second-order valence-electron chi connectivity index (χ2n) is 7.14. The Kier molecular flexibility index (Phi) is 3.82. The molecule has 1 saturated carbocycles. The number of aryl methyl sites for hydroxylation is 1. The van der Waals surface area contributed by atoms with Gasteiger partial charge in [-0.1, -0.05) is 13.8 Å². The van der Waals surface area contributed by atoms with Crippen molar-refractivity contribution in [3.05, 3.63) is 16.1 Å². The summed E-state index contributed by atoms with van der Waals surface area (Å²) in [5, 5.41) is 1.02. The Morgan fingerprint density at radius 3 is 2.95 bits per heavy atom. The summed E-state index contributed by atoms with van der Waals surface area (Å²) in [5.41, 5.74) is 5.50. The Morgan fingerprint density at radius 2 is 2.32 bits per heavy atom. The van der Waals surface area contributed by atoms with E-state index in [1.807, 2.05) is 20.2 Å². The largest absolute Gasteiger partial charge is 0.377 e. The van der Waals surface area contributed by atoms with Crippen molar-refractivity contribution in [1.82, 2.24) is 9.88 Å². The maximum absolute atomic E-state index is 13.1. The summed E-state index contributed by atoms with van der Waals surface area (Å²) in [6, 6.07) is 0. The highest BCUT2D eigenvalue weighted by Crippen LogP contribution is 2.57. The summed E-state index contributed by atoms with van der Waals surface area (Å²) in [6.45, 7) is 7.44. The molecule has 2 fully saturated rings. The number of carbonyl (C=O) groups is 1. The van der Waals surface area contributed by atoms with Crippen LogP contribution in [0.5, 0.6) is 0 Å². The zero-order valence-electron chi connectivity index (χ0n) is 13.8. The van der Waals surface area contributed by atoms with E-state index in [0.717, 1.165) is 29.3 Å². The predicted molar refractivity (Wildman–Crippen MR) is 86.5 cm³/mol. The van der Waals surface area contributed by atoms with Crippen LogP contribution in [-0.4, -0.2) is 41.1 Å². The van der Waals surface area contributed by atoms with E-state index in [9.17, 15) is 4.79 Å². The standard InChI is InChI=1S/C16H25N3O2S/c1-10-18-8-11(22-10)9-19(4)14(20)16(17)12-6-5-7-21-13(12)15(16,2)3/h8,12-13H,5-7,9,17H2,1-4H3. The number of aromatic nitrogens is 1. The van der Waals surface area contributed by atoms with Gasteiger partial charge in [0.25, 0.3) is 0 Å². The van der Waals surface area contributed by atoms with Crippen molar-refractivity contribution in [2.24, 2.45) is 17.1 Å². The number of nitrogens with zero attached hydrogens (tertiary/aromatic N) is 2. The molecule has 1 amide bonds. The van der Waals surface area contributed by atoms with Gasteiger partial charge in [-0.3, -0.25) is 4.79 Å². The molecule has 122 valence electrons. The first-order valence-corrected chi connectivity index (χ1v) is 8.67. The average molecular weight is 323 g/mol. The highest BCUT2D eigenvalue weighted by atomic mass is 32.1. The van der Waals surface area contributed by atoms with Crippen molar-refractivity contribution in [2.45, 2.75) is 51.8 Å². The number of amides is 1. The second-order valence-corrected chi connectivity index (χ2v) is 8.46. The van der Waals surface area contributed by atoms with Gasteiger partial charge in [0.2, 0.25) is 5.91 Å². The SMILES string of the molecule is Cc1ncc(CN(C)C(=O)C2(N)C3CCCOC3C2(C)C)s1. The summed E-state index contributed by atoms with van der Waals surface area (Å²) < 4.78 is 5.88. The zero-order valence-corrected chi connectivity index (χ0v) is 14.6. The Balaban J connectivity index is 1.78. The molecular formula is C16H25N3O2S. The number of fused-ring (bicyclic) bond motifs is 1. The molecule has 1 aliphatic heterocycles. The van der Waals surface area contributed by atoms with Crippen LogP contribution in [-0.2, 0) is 16.1 Å². The van der Waals surface area contributed by atoms with Gasteiger partial charge in [-0.25, -0.2) is 4.98 Å². The van der Waals surface area contributed by atoms with Gasteiger partial charge < -0.3 is 15.4 Å². The van der Waals surface area contributed by atoms with Crippen LogP contribution in [0.1, 0.15) is 36.6 Å². The molecule has 22 heavy (non-hydrogen) atoms. The van der Waals surface area contributed by atoms with Gasteiger partial charge in [-0.2, -0.15) is 0 Å². The lowest BCUT2D eigenvalue weighted by Gasteiger charge is -2.65. The summed E-state index contributed by atoms with van der Waals surface area (Å²) in [5.74, 6) is 0.157. The normalized spacial score (nSPS) is 33.0. The van der Waals surface area contributed by atoms with Crippen molar-refractivity contribution in [3.63, 3.8) is 0 Å². The fraction of sp³-hybridized carbons (Fsp3) is 0.750. The Morgan fingerprint density at radius 1 is 1.59 bits per heavy atom. The molecule has 3 atom stereocenters. The van der Waals surface area contributed by atoms with Crippen LogP contribution in [0.15, 0.2) is 6.20 Å². The van der Waals surface area contributed by atoms with Crippen molar-refractivity contribution >= 4 is 17.2 Å². The summed E-state index contributed by atoms with van der Waals surface area (Å²) in [4.78, 5) is 20.1. The van der Waals surface area contributed by atoms with Gasteiger partial charge in [-0.05, 0) is 19.8 Å². The van der Waals surface area contributed by atoms with Crippen LogP contribution in [0.25, 0.3) is 0 Å². The Hall–Kier alpha value is -0.980. The quantitative estimate of drug-likeness (QED) is 0.923. The third kappa shape index (κ3) is 2.12. The van der Waals surface area contributed by atoms with Crippen LogP contribution in [0.4, 0.5) is 0 Å². The molecule has 1 aromatic heterocycles. The highest BCUT2D eigenvalue weighted by Gasteiger charge is 2.70. The molecular weight excluding hydrogens is 298 g/mol. The van der Waals surface area contributed by atoms with Crippen molar-refractivity contribution < 1.29 is 9.53 Å². The van der Waals surface area contributed by atoms with Gasteiger partial charge in [0, 0.05) is 36.1 Å². The monoisotopic (exact) mass is 323 g/mol. The van der Waals surface area contributed by atoms with Gasteiger partial charge in [0.05, 0.1) is 17.7 Å². The highest BCUT2D eigenvalue weighted by molar-refractivity contribution is 7.11. The molecule has 2 N–H and O–H groups in total. The van der Waals surface area contributed by atoms with E-state index in [1.54, 1.807) is 16.2 Å². The van der Waals surface area contributed by atoms with Crippen LogP contribution >= 0.6 is 11.3 Å². The van der Waals surface area contributed by atoms with E-state index < -0.39 is 5.54 Å². The van der Waals surface area contributed by atoms with Gasteiger partial charge >= 0.3 is 0 Å². The van der Waals surface area contributed by atoms with E-state index >= 15 is 0 Å². The second kappa shape index (κ2) is 5.28. The molecule has 5 nitrogen and oxygen atoms in total. The van der Waals surface area contributed by atoms with Crippen LogP contribution in [0, 0.1) is 18.3 Å². The summed E-state index contributed by atoms with van der Waals surface area (Å²) in [6.07, 6.45) is 3.91. The summed E-state index contributed by atoms with van der Waals surface area (Å²) >= 11 is 1.62. The number of likely N-dealkylation sites (N-methyl/N-ethyl adjacent to an activating group) is 1. The van der Waals surface area contributed by atoms with Crippen molar-refractivity contribution in [1.29, 1.82) is 0 Å².